The quantitative estimate of drug-likeness (QED) is 0.804. The van der Waals surface area contributed by atoms with E-state index < -0.39 is 0 Å². The molecule has 0 aliphatic rings. The summed E-state index contributed by atoms with van der Waals surface area (Å²) in [5.41, 5.74) is 7.33. The van der Waals surface area contributed by atoms with Crippen molar-refractivity contribution in [3.05, 3.63) is 24.5 Å². The first-order valence-electron chi connectivity index (χ1n) is 6.57. The number of carbonyl (C=O) groups is 1. The van der Waals surface area contributed by atoms with Crippen LogP contribution in [-0.2, 0) is 4.79 Å². The highest BCUT2D eigenvalue weighted by Gasteiger charge is 2.17. The van der Waals surface area contributed by atoms with E-state index in [0.29, 0.717) is 5.82 Å². The average molecular weight is 305 g/mol. The van der Waals surface area contributed by atoms with E-state index in [1.165, 1.54) is 11.5 Å². The third kappa shape index (κ3) is 4.16. The first-order chi connectivity index (χ1) is 9.87. The second-order valence-electron chi connectivity index (χ2n) is 5.67. The molecule has 0 aliphatic heterocycles. The molecule has 0 aliphatic carbocycles. The molecule has 2 rings (SSSR count). The summed E-state index contributed by atoms with van der Waals surface area (Å²) in [7, 11) is 0. The fourth-order valence-corrected chi connectivity index (χ4v) is 2.57. The summed E-state index contributed by atoms with van der Waals surface area (Å²) < 4.78 is 4.14. The number of pyridine rings is 1. The average Bonchev–Trinajstić information content (AvgIpc) is 2.76. The van der Waals surface area contributed by atoms with Gasteiger partial charge in [-0.3, -0.25) is 9.78 Å². The molecule has 7 heteroatoms. The van der Waals surface area contributed by atoms with Gasteiger partial charge in [-0.05, 0) is 38.4 Å². The minimum atomic E-state index is -0.252. The van der Waals surface area contributed by atoms with Gasteiger partial charge in [0.25, 0.3) is 0 Å². The summed E-state index contributed by atoms with van der Waals surface area (Å²) in [4.78, 5) is 15.9. The van der Waals surface area contributed by atoms with Crippen LogP contribution in [0.3, 0.4) is 0 Å². The molecule has 112 valence electrons. The highest BCUT2D eigenvalue weighted by atomic mass is 32.1. The molecule has 2 aromatic heterocycles. The normalized spacial score (nSPS) is 11.2. The Morgan fingerprint density at radius 3 is 2.81 bits per heavy atom. The van der Waals surface area contributed by atoms with Crippen LogP contribution < -0.4 is 16.4 Å². The van der Waals surface area contributed by atoms with Crippen molar-refractivity contribution in [1.29, 1.82) is 0 Å². The third-order valence-corrected chi connectivity index (χ3v) is 3.41. The van der Waals surface area contributed by atoms with E-state index in [0.717, 1.165) is 16.1 Å². The molecule has 0 saturated carbocycles. The molecule has 0 atom stereocenters. The van der Waals surface area contributed by atoms with E-state index in [1.54, 1.807) is 12.4 Å². The van der Waals surface area contributed by atoms with Crippen LogP contribution in [-0.4, -0.2) is 27.3 Å². The van der Waals surface area contributed by atoms with Crippen LogP contribution in [0.15, 0.2) is 24.5 Å². The molecule has 6 nitrogen and oxygen atoms in total. The van der Waals surface area contributed by atoms with Crippen LogP contribution in [0.25, 0.3) is 11.1 Å². The first kappa shape index (κ1) is 15.2. The van der Waals surface area contributed by atoms with Crippen LogP contribution in [0.2, 0.25) is 0 Å². The summed E-state index contributed by atoms with van der Waals surface area (Å²) >= 11 is 1.24. The van der Waals surface area contributed by atoms with Crippen molar-refractivity contribution in [3.8, 4) is 11.1 Å². The number of anilines is 2. The maximum atomic E-state index is 11.9. The number of hydrogen-bond donors (Lipinski definition) is 3. The Balaban J connectivity index is 2.11. The second kappa shape index (κ2) is 6.09. The molecular weight excluding hydrogens is 286 g/mol. The Bertz CT molecular complexity index is 618. The van der Waals surface area contributed by atoms with E-state index in [1.807, 2.05) is 32.9 Å². The number of nitrogens with two attached hydrogens (primary N) is 1. The molecule has 21 heavy (non-hydrogen) atoms. The minimum absolute atomic E-state index is 0.0772. The zero-order chi connectivity index (χ0) is 15.5. The second-order valence-corrected chi connectivity index (χ2v) is 6.44. The van der Waals surface area contributed by atoms with E-state index in [-0.39, 0.29) is 18.0 Å². The lowest BCUT2D eigenvalue weighted by molar-refractivity contribution is -0.120. The monoisotopic (exact) mass is 305 g/mol. The third-order valence-electron chi connectivity index (χ3n) is 2.59. The number of nitrogen functional groups attached to an aromatic ring is 1. The molecule has 4 N–H and O–H groups in total. The minimum Gasteiger partial charge on any atom is -0.382 e. The van der Waals surface area contributed by atoms with Gasteiger partial charge in [0.15, 0.2) is 0 Å². The van der Waals surface area contributed by atoms with Gasteiger partial charge in [-0.25, -0.2) is 0 Å². The predicted molar refractivity (Wildman–Crippen MR) is 86.1 cm³/mol. The standard InChI is InChI=1S/C14H19N5OS/c1-14(2,3)18-10(20)8-17-13-11(12(15)19-21-13)9-5-4-6-16-7-9/h4-7,17H,8H2,1-3H3,(H2,15,19)(H,18,20). The lowest BCUT2D eigenvalue weighted by Crippen LogP contribution is -2.43. The molecule has 0 spiro atoms. The summed E-state index contributed by atoms with van der Waals surface area (Å²) in [6, 6.07) is 3.75. The molecule has 0 saturated heterocycles. The molecule has 1 amide bonds. The van der Waals surface area contributed by atoms with E-state index in [9.17, 15) is 4.79 Å². The Morgan fingerprint density at radius 2 is 2.19 bits per heavy atom. The molecule has 0 radical (unpaired) electrons. The number of rotatable bonds is 4. The summed E-state index contributed by atoms with van der Waals surface area (Å²) in [5, 5.41) is 6.75. The first-order valence-corrected chi connectivity index (χ1v) is 7.34. The Labute approximate surface area is 128 Å². The van der Waals surface area contributed by atoms with Gasteiger partial charge in [-0.2, -0.15) is 4.37 Å². The highest BCUT2D eigenvalue weighted by Crippen LogP contribution is 2.36. The fraction of sp³-hybridized carbons (Fsp3) is 0.357. The maximum Gasteiger partial charge on any atom is 0.239 e. The SMILES string of the molecule is CC(C)(C)NC(=O)CNc1snc(N)c1-c1cccnc1. The maximum absolute atomic E-state index is 11.9. The zero-order valence-electron chi connectivity index (χ0n) is 12.3. The summed E-state index contributed by atoms with van der Waals surface area (Å²) in [6.07, 6.45) is 3.42. The molecule has 2 aromatic rings. The number of hydrogen-bond acceptors (Lipinski definition) is 6. The van der Waals surface area contributed by atoms with E-state index in [2.05, 4.69) is 20.0 Å². The number of carbonyl (C=O) groups excluding carboxylic acids is 1. The largest absolute Gasteiger partial charge is 0.382 e. The lowest BCUT2D eigenvalue weighted by atomic mass is 10.1. The van der Waals surface area contributed by atoms with Gasteiger partial charge in [0.1, 0.15) is 10.8 Å². The Kier molecular flexibility index (Phi) is 4.42. The number of nitrogens with zero attached hydrogens (tertiary/aromatic N) is 2. The van der Waals surface area contributed by atoms with Crippen molar-refractivity contribution in [2.45, 2.75) is 26.3 Å². The lowest BCUT2D eigenvalue weighted by Gasteiger charge is -2.20. The Morgan fingerprint density at radius 1 is 1.43 bits per heavy atom. The van der Waals surface area contributed by atoms with Gasteiger partial charge in [0.05, 0.1) is 12.1 Å². The van der Waals surface area contributed by atoms with Crippen molar-refractivity contribution >= 4 is 28.3 Å². The van der Waals surface area contributed by atoms with Gasteiger partial charge < -0.3 is 16.4 Å². The molecule has 0 aromatic carbocycles. The van der Waals surface area contributed by atoms with Crippen molar-refractivity contribution in [1.82, 2.24) is 14.7 Å². The Hall–Kier alpha value is -2.15. The molecule has 0 fully saturated rings. The van der Waals surface area contributed by atoms with E-state index in [4.69, 9.17) is 5.73 Å². The van der Waals surface area contributed by atoms with Crippen LogP contribution >= 0.6 is 11.5 Å². The smallest absolute Gasteiger partial charge is 0.239 e. The molecule has 2 heterocycles. The van der Waals surface area contributed by atoms with Crippen molar-refractivity contribution in [3.63, 3.8) is 0 Å². The van der Waals surface area contributed by atoms with Crippen LogP contribution in [0, 0.1) is 0 Å². The molecule has 0 unspecified atom stereocenters. The van der Waals surface area contributed by atoms with Gasteiger partial charge >= 0.3 is 0 Å². The van der Waals surface area contributed by atoms with Gasteiger partial charge in [-0.1, -0.05) is 6.07 Å². The van der Waals surface area contributed by atoms with E-state index >= 15 is 0 Å². The van der Waals surface area contributed by atoms with Crippen molar-refractivity contribution in [2.24, 2.45) is 0 Å². The fourth-order valence-electron chi connectivity index (χ4n) is 1.84. The summed E-state index contributed by atoms with van der Waals surface area (Å²) in [5.74, 6) is 0.360. The van der Waals surface area contributed by atoms with Crippen LogP contribution in [0.5, 0.6) is 0 Å². The van der Waals surface area contributed by atoms with Crippen molar-refractivity contribution < 1.29 is 4.79 Å². The van der Waals surface area contributed by atoms with Crippen LogP contribution in [0.4, 0.5) is 10.8 Å². The van der Waals surface area contributed by atoms with Crippen LogP contribution in [0.1, 0.15) is 20.8 Å². The molecule has 0 bridgehead atoms. The zero-order valence-corrected chi connectivity index (χ0v) is 13.1. The molecular formula is C14H19N5OS. The highest BCUT2D eigenvalue weighted by molar-refractivity contribution is 7.11. The van der Waals surface area contributed by atoms with Gasteiger partial charge in [-0.15, -0.1) is 0 Å². The van der Waals surface area contributed by atoms with Gasteiger partial charge in [0.2, 0.25) is 5.91 Å². The number of nitrogens with one attached hydrogen (secondary N) is 2. The number of aromatic nitrogens is 2. The van der Waals surface area contributed by atoms with Crippen molar-refractivity contribution in [2.75, 3.05) is 17.6 Å². The number of amides is 1. The summed E-state index contributed by atoms with van der Waals surface area (Å²) in [6.45, 7) is 6.00. The van der Waals surface area contributed by atoms with Gasteiger partial charge in [0, 0.05) is 23.5 Å². The predicted octanol–water partition coefficient (Wildman–Crippen LogP) is 2.11. The topological polar surface area (TPSA) is 92.9 Å².